The van der Waals surface area contributed by atoms with Gasteiger partial charge >= 0.3 is 6.18 Å². The second kappa shape index (κ2) is 6.34. The largest absolute Gasteiger partial charge is 0.416 e. The van der Waals surface area contributed by atoms with Crippen LogP contribution in [0.1, 0.15) is 21.8 Å². The molecule has 0 atom stereocenters. The Kier molecular flexibility index (Phi) is 4.22. The smallest absolute Gasteiger partial charge is 0.360 e. The van der Waals surface area contributed by atoms with Gasteiger partial charge in [-0.3, -0.25) is 9.78 Å². The fourth-order valence-electron chi connectivity index (χ4n) is 2.05. The van der Waals surface area contributed by atoms with Crippen LogP contribution in [-0.4, -0.2) is 21.0 Å². The first-order valence-electron chi connectivity index (χ1n) is 7.07. The number of halogens is 3. The van der Waals surface area contributed by atoms with Crippen LogP contribution in [0.15, 0.2) is 47.2 Å². The molecule has 0 aliphatic heterocycles. The van der Waals surface area contributed by atoms with E-state index in [1.165, 1.54) is 30.6 Å². The number of aryl methyl sites for hydroxylation is 1. The Morgan fingerprint density at radius 2 is 1.88 bits per heavy atom. The van der Waals surface area contributed by atoms with Gasteiger partial charge in [0.2, 0.25) is 0 Å². The Morgan fingerprint density at radius 3 is 2.48 bits per heavy atom. The van der Waals surface area contributed by atoms with Crippen LogP contribution < -0.4 is 5.32 Å². The number of carbonyl (C=O) groups is 1. The summed E-state index contributed by atoms with van der Waals surface area (Å²) in [6.45, 7) is 1.67. The Labute approximate surface area is 139 Å². The van der Waals surface area contributed by atoms with Gasteiger partial charge in [-0.2, -0.15) is 13.2 Å². The first-order chi connectivity index (χ1) is 11.8. The first-order valence-corrected chi connectivity index (χ1v) is 7.07. The van der Waals surface area contributed by atoms with Gasteiger partial charge in [0.15, 0.2) is 5.82 Å². The summed E-state index contributed by atoms with van der Waals surface area (Å²) in [5.74, 6) is 0.193. The highest BCUT2D eigenvalue weighted by Crippen LogP contribution is 2.30. The zero-order chi connectivity index (χ0) is 18.0. The maximum Gasteiger partial charge on any atom is 0.416 e. The summed E-state index contributed by atoms with van der Waals surface area (Å²) in [6, 6.07) is 5.97. The van der Waals surface area contributed by atoms with Crippen molar-refractivity contribution >= 4 is 11.7 Å². The lowest BCUT2D eigenvalue weighted by molar-refractivity contribution is -0.137. The van der Waals surface area contributed by atoms with E-state index in [-0.39, 0.29) is 17.2 Å². The van der Waals surface area contributed by atoms with Gasteiger partial charge in [0.05, 0.1) is 23.7 Å². The van der Waals surface area contributed by atoms with Crippen molar-refractivity contribution in [2.24, 2.45) is 0 Å². The minimum Gasteiger partial charge on any atom is -0.360 e. The molecule has 6 nitrogen and oxygen atoms in total. The fourth-order valence-corrected chi connectivity index (χ4v) is 2.05. The molecule has 0 aliphatic rings. The third kappa shape index (κ3) is 3.82. The minimum atomic E-state index is -4.42. The molecule has 0 saturated carbocycles. The second-order valence-corrected chi connectivity index (χ2v) is 5.14. The van der Waals surface area contributed by atoms with Crippen molar-refractivity contribution in [1.82, 2.24) is 15.1 Å². The number of hydrogen-bond donors (Lipinski definition) is 1. The highest BCUT2D eigenvalue weighted by Gasteiger charge is 2.30. The molecule has 0 aliphatic carbocycles. The number of aromatic nitrogens is 3. The molecular formula is C16H11F3N4O2. The van der Waals surface area contributed by atoms with E-state index in [4.69, 9.17) is 4.52 Å². The van der Waals surface area contributed by atoms with Crippen molar-refractivity contribution in [3.63, 3.8) is 0 Å². The number of rotatable bonds is 3. The highest BCUT2D eigenvalue weighted by atomic mass is 19.4. The van der Waals surface area contributed by atoms with E-state index in [9.17, 15) is 18.0 Å². The monoisotopic (exact) mass is 348 g/mol. The summed E-state index contributed by atoms with van der Waals surface area (Å²) in [6.07, 6.45) is -1.81. The minimum absolute atomic E-state index is 0.00180. The van der Waals surface area contributed by atoms with E-state index in [0.29, 0.717) is 11.3 Å². The van der Waals surface area contributed by atoms with Gasteiger partial charge in [0.1, 0.15) is 11.5 Å². The van der Waals surface area contributed by atoms with E-state index in [2.05, 4.69) is 20.4 Å². The average molecular weight is 348 g/mol. The van der Waals surface area contributed by atoms with Crippen LogP contribution in [0.2, 0.25) is 0 Å². The van der Waals surface area contributed by atoms with E-state index in [0.717, 1.165) is 12.1 Å². The van der Waals surface area contributed by atoms with E-state index < -0.39 is 17.6 Å². The SMILES string of the molecule is Cc1cc(NC(=O)c2cncc(-c3ccc(C(F)(F)F)cc3)n2)no1. The third-order valence-electron chi connectivity index (χ3n) is 3.24. The summed E-state index contributed by atoms with van der Waals surface area (Å²) in [5, 5.41) is 6.12. The molecule has 1 aromatic carbocycles. The molecule has 2 heterocycles. The van der Waals surface area contributed by atoms with Gasteiger partial charge in [-0.15, -0.1) is 0 Å². The number of nitrogens with one attached hydrogen (secondary N) is 1. The molecule has 2 aromatic heterocycles. The van der Waals surface area contributed by atoms with Crippen LogP contribution in [0.5, 0.6) is 0 Å². The number of hydrogen-bond acceptors (Lipinski definition) is 5. The van der Waals surface area contributed by atoms with Crippen LogP contribution >= 0.6 is 0 Å². The quantitative estimate of drug-likeness (QED) is 0.780. The molecule has 25 heavy (non-hydrogen) atoms. The number of amides is 1. The lowest BCUT2D eigenvalue weighted by atomic mass is 10.1. The number of benzene rings is 1. The molecule has 9 heteroatoms. The van der Waals surface area contributed by atoms with Crippen molar-refractivity contribution < 1.29 is 22.5 Å². The van der Waals surface area contributed by atoms with E-state index in [1.807, 2.05) is 0 Å². The van der Waals surface area contributed by atoms with Gasteiger partial charge in [0.25, 0.3) is 5.91 Å². The normalized spacial score (nSPS) is 11.4. The van der Waals surface area contributed by atoms with Gasteiger partial charge in [0, 0.05) is 11.6 Å². The molecule has 0 bridgehead atoms. The summed E-state index contributed by atoms with van der Waals surface area (Å²) >= 11 is 0. The van der Waals surface area contributed by atoms with Crippen molar-refractivity contribution in [3.05, 3.63) is 59.7 Å². The molecular weight excluding hydrogens is 337 g/mol. The molecule has 128 valence electrons. The van der Waals surface area contributed by atoms with Crippen molar-refractivity contribution in [2.45, 2.75) is 13.1 Å². The number of anilines is 1. The average Bonchev–Trinajstić information content (AvgIpc) is 2.99. The van der Waals surface area contributed by atoms with Crippen LogP contribution in [0.3, 0.4) is 0 Å². The standard InChI is InChI=1S/C16H11F3N4O2/c1-9-6-14(23-25-9)22-15(24)13-8-20-7-12(21-13)10-2-4-11(5-3-10)16(17,18)19/h2-8H,1H3,(H,22,23,24). The van der Waals surface area contributed by atoms with Crippen LogP contribution in [0.25, 0.3) is 11.3 Å². The summed E-state index contributed by atoms with van der Waals surface area (Å²) in [4.78, 5) is 20.2. The second-order valence-electron chi connectivity index (χ2n) is 5.14. The molecule has 1 N–H and O–H groups in total. The maximum atomic E-state index is 12.6. The predicted octanol–water partition coefficient (Wildman–Crippen LogP) is 3.71. The maximum absolute atomic E-state index is 12.6. The van der Waals surface area contributed by atoms with Gasteiger partial charge in [-0.1, -0.05) is 17.3 Å². The van der Waals surface area contributed by atoms with Crippen molar-refractivity contribution in [2.75, 3.05) is 5.32 Å². The fraction of sp³-hybridized carbons (Fsp3) is 0.125. The molecule has 3 rings (SSSR count). The molecule has 0 spiro atoms. The molecule has 3 aromatic rings. The Hall–Kier alpha value is -3.23. The molecule has 1 amide bonds. The number of nitrogens with zero attached hydrogens (tertiary/aromatic N) is 3. The van der Waals surface area contributed by atoms with Crippen LogP contribution in [0, 0.1) is 6.92 Å². The van der Waals surface area contributed by atoms with Gasteiger partial charge in [-0.05, 0) is 19.1 Å². The van der Waals surface area contributed by atoms with E-state index >= 15 is 0 Å². The summed E-state index contributed by atoms with van der Waals surface area (Å²) in [7, 11) is 0. The van der Waals surface area contributed by atoms with Crippen LogP contribution in [0.4, 0.5) is 19.0 Å². The Balaban J connectivity index is 1.82. The first kappa shape index (κ1) is 16.6. The summed E-state index contributed by atoms with van der Waals surface area (Å²) < 4.78 is 42.7. The van der Waals surface area contributed by atoms with Gasteiger partial charge in [-0.25, -0.2) is 4.98 Å². The highest BCUT2D eigenvalue weighted by molar-refractivity contribution is 6.02. The molecule has 0 radical (unpaired) electrons. The number of carbonyl (C=O) groups excluding carboxylic acids is 1. The lowest BCUT2D eigenvalue weighted by Crippen LogP contribution is -2.14. The van der Waals surface area contributed by atoms with Gasteiger partial charge < -0.3 is 9.84 Å². The van der Waals surface area contributed by atoms with E-state index in [1.54, 1.807) is 6.92 Å². The number of alkyl halides is 3. The van der Waals surface area contributed by atoms with Crippen molar-refractivity contribution in [3.8, 4) is 11.3 Å². The zero-order valence-corrected chi connectivity index (χ0v) is 12.8. The Bertz CT molecular complexity index is 904. The zero-order valence-electron chi connectivity index (χ0n) is 12.8. The Morgan fingerprint density at radius 1 is 1.16 bits per heavy atom. The molecule has 0 fully saturated rings. The van der Waals surface area contributed by atoms with Crippen molar-refractivity contribution in [1.29, 1.82) is 0 Å². The molecule has 0 unspecified atom stereocenters. The predicted molar refractivity (Wildman–Crippen MR) is 81.7 cm³/mol. The summed E-state index contributed by atoms with van der Waals surface area (Å²) in [5.41, 5.74) is -0.0808. The third-order valence-corrected chi connectivity index (χ3v) is 3.24. The topological polar surface area (TPSA) is 80.9 Å². The van der Waals surface area contributed by atoms with Crippen LogP contribution in [-0.2, 0) is 6.18 Å². The lowest BCUT2D eigenvalue weighted by Gasteiger charge is -2.08. The molecule has 0 saturated heterocycles.